The van der Waals surface area contributed by atoms with Gasteiger partial charge >= 0.3 is 0 Å². The van der Waals surface area contributed by atoms with Gasteiger partial charge in [0, 0.05) is 6.54 Å². The van der Waals surface area contributed by atoms with Gasteiger partial charge in [-0.1, -0.05) is 48.5 Å². The van der Waals surface area contributed by atoms with Gasteiger partial charge in [-0.15, -0.1) is 0 Å². The lowest BCUT2D eigenvalue weighted by Gasteiger charge is -2.33. The minimum absolute atomic E-state index is 0.0380. The van der Waals surface area contributed by atoms with E-state index in [1.165, 1.54) is 0 Å². The Kier molecular flexibility index (Phi) is 5.27. The van der Waals surface area contributed by atoms with Gasteiger partial charge in [-0.2, -0.15) is 0 Å². The van der Waals surface area contributed by atoms with Crippen LogP contribution in [0.4, 0.5) is 0 Å². The molecule has 0 bridgehead atoms. The summed E-state index contributed by atoms with van der Waals surface area (Å²) in [5, 5.41) is 0. The first-order valence-electron chi connectivity index (χ1n) is 7.95. The molecule has 3 rings (SSSR count). The maximum Gasteiger partial charge on any atom is 0.226 e. The molecule has 4 heteroatoms. The highest BCUT2D eigenvalue weighted by Crippen LogP contribution is 2.22. The van der Waals surface area contributed by atoms with Crippen molar-refractivity contribution >= 4 is 5.91 Å². The Labute approximate surface area is 136 Å². The highest BCUT2D eigenvalue weighted by atomic mass is 16.5. The number of nitrogens with zero attached hydrogens (tertiary/aromatic N) is 1. The van der Waals surface area contributed by atoms with Crippen LogP contribution in [0.3, 0.4) is 0 Å². The number of hydrogen-bond acceptors (Lipinski definition) is 3. The summed E-state index contributed by atoms with van der Waals surface area (Å²) in [4.78, 5) is 14.2. The lowest BCUT2D eigenvalue weighted by Crippen LogP contribution is -2.42. The van der Waals surface area contributed by atoms with E-state index in [4.69, 9.17) is 9.47 Å². The van der Waals surface area contributed by atoms with Crippen molar-refractivity contribution in [1.82, 2.24) is 4.90 Å². The second kappa shape index (κ2) is 7.79. The smallest absolute Gasteiger partial charge is 0.226 e. The fourth-order valence-corrected chi connectivity index (χ4v) is 2.68. The molecule has 0 radical (unpaired) electrons. The number of carbonyl (C=O) groups is 1. The van der Waals surface area contributed by atoms with Crippen molar-refractivity contribution in [2.24, 2.45) is 0 Å². The van der Waals surface area contributed by atoms with E-state index < -0.39 is 0 Å². The summed E-state index contributed by atoms with van der Waals surface area (Å²) < 4.78 is 11.4. The minimum Gasteiger partial charge on any atom is -0.493 e. The number of amides is 1. The number of para-hydroxylation sites is 1. The van der Waals surface area contributed by atoms with Gasteiger partial charge in [-0.3, -0.25) is 4.79 Å². The Bertz CT molecular complexity index is 615. The molecule has 0 N–H and O–H groups in total. The number of ether oxygens (including phenoxy) is 2. The largest absolute Gasteiger partial charge is 0.493 e. The van der Waals surface area contributed by atoms with E-state index in [9.17, 15) is 4.79 Å². The van der Waals surface area contributed by atoms with Crippen LogP contribution in [-0.4, -0.2) is 37.1 Å². The number of hydrogen-bond donors (Lipinski definition) is 0. The Morgan fingerprint density at radius 3 is 2.52 bits per heavy atom. The molecule has 0 aliphatic carbocycles. The van der Waals surface area contributed by atoms with Crippen molar-refractivity contribution in [3.8, 4) is 5.75 Å². The Hall–Kier alpha value is -2.33. The van der Waals surface area contributed by atoms with E-state index >= 15 is 0 Å². The lowest BCUT2D eigenvalue weighted by molar-refractivity contribution is -0.139. The molecule has 1 heterocycles. The zero-order valence-corrected chi connectivity index (χ0v) is 13.1. The zero-order valence-electron chi connectivity index (χ0n) is 13.1. The van der Waals surface area contributed by atoms with Gasteiger partial charge in [0.05, 0.1) is 26.2 Å². The number of carbonyl (C=O) groups excluding carboxylic acids is 1. The first-order valence-corrected chi connectivity index (χ1v) is 7.95. The van der Waals surface area contributed by atoms with E-state index in [0.717, 1.165) is 11.3 Å². The fraction of sp³-hybridized carbons (Fsp3) is 0.316. The van der Waals surface area contributed by atoms with Gasteiger partial charge in [0.2, 0.25) is 5.91 Å². The van der Waals surface area contributed by atoms with E-state index in [1.54, 1.807) is 0 Å². The highest BCUT2D eigenvalue weighted by Gasteiger charge is 2.24. The summed E-state index contributed by atoms with van der Waals surface area (Å²) in [6.07, 6.45) is 0.347. The van der Waals surface area contributed by atoms with Crippen molar-refractivity contribution in [2.75, 3.05) is 26.3 Å². The minimum atomic E-state index is -0.0380. The maximum absolute atomic E-state index is 12.4. The van der Waals surface area contributed by atoms with Gasteiger partial charge in [-0.25, -0.2) is 0 Å². The number of morpholine rings is 1. The Balaban J connectivity index is 1.49. The molecule has 2 aromatic carbocycles. The maximum atomic E-state index is 12.4. The van der Waals surface area contributed by atoms with Crippen LogP contribution < -0.4 is 4.74 Å². The normalized spacial score (nSPS) is 17.7. The van der Waals surface area contributed by atoms with Crippen molar-refractivity contribution in [2.45, 2.75) is 12.5 Å². The second-order valence-corrected chi connectivity index (χ2v) is 5.52. The Morgan fingerprint density at radius 1 is 1.09 bits per heavy atom. The zero-order chi connectivity index (χ0) is 15.9. The monoisotopic (exact) mass is 311 g/mol. The van der Waals surface area contributed by atoms with Crippen LogP contribution in [0.25, 0.3) is 0 Å². The second-order valence-electron chi connectivity index (χ2n) is 5.52. The van der Waals surface area contributed by atoms with Gasteiger partial charge < -0.3 is 14.4 Å². The molecular formula is C19H21NO3. The average molecular weight is 311 g/mol. The summed E-state index contributed by atoms with van der Waals surface area (Å²) in [6.45, 7) is 2.22. The molecule has 120 valence electrons. The molecule has 1 amide bonds. The third kappa shape index (κ3) is 4.33. The lowest BCUT2D eigenvalue weighted by atomic mass is 10.1. The molecule has 0 spiro atoms. The summed E-state index contributed by atoms with van der Waals surface area (Å²) in [5.41, 5.74) is 1.12. The van der Waals surface area contributed by atoms with Gasteiger partial charge in [0.1, 0.15) is 11.9 Å². The predicted molar refractivity (Wildman–Crippen MR) is 88.3 cm³/mol. The van der Waals surface area contributed by atoms with E-state index in [1.807, 2.05) is 65.6 Å². The molecule has 1 saturated heterocycles. The predicted octanol–water partition coefficient (Wildman–Crippen LogP) is 3.06. The van der Waals surface area contributed by atoms with Crippen LogP contribution in [0.5, 0.6) is 5.75 Å². The molecule has 0 saturated carbocycles. The van der Waals surface area contributed by atoms with Crippen LogP contribution in [-0.2, 0) is 9.53 Å². The molecule has 1 unspecified atom stereocenters. The topological polar surface area (TPSA) is 38.8 Å². The van der Waals surface area contributed by atoms with E-state index in [0.29, 0.717) is 32.7 Å². The van der Waals surface area contributed by atoms with Crippen molar-refractivity contribution < 1.29 is 14.3 Å². The standard InChI is InChI=1S/C19H21NO3/c21-19(11-13-22-17-9-5-2-6-10-17)20-12-14-23-18(15-20)16-7-3-1-4-8-16/h1-10,18H,11-15H2. The van der Waals surface area contributed by atoms with Crippen molar-refractivity contribution in [3.05, 3.63) is 66.2 Å². The van der Waals surface area contributed by atoms with E-state index in [-0.39, 0.29) is 12.0 Å². The summed E-state index contributed by atoms with van der Waals surface area (Å²) >= 11 is 0. The SMILES string of the molecule is O=C(CCOc1ccccc1)N1CCOC(c2ccccc2)C1. The van der Waals surface area contributed by atoms with Crippen molar-refractivity contribution in [1.29, 1.82) is 0 Å². The van der Waals surface area contributed by atoms with Gasteiger partial charge in [-0.05, 0) is 17.7 Å². The summed E-state index contributed by atoms with van der Waals surface area (Å²) in [6, 6.07) is 19.6. The molecular weight excluding hydrogens is 290 g/mol. The van der Waals surface area contributed by atoms with Crippen molar-refractivity contribution in [3.63, 3.8) is 0 Å². The molecule has 1 fully saturated rings. The highest BCUT2D eigenvalue weighted by molar-refractivity contribution is 5.76. The molecule has 4 nitrogen and oxygen atoms in total. The molecule has 2 aromatic rings. The molecule has 1 aliphatic rings. The molecule has 1 aliphatic heterocycles. The van der Waals surface area contributed by atoms with Gasteiger partial charge in [0.15, 0.2) is 0 Å². The van der Waals surface area contributed by atoms with Gasteiger partial charge in [0.25, 0.3) is 0 Å². The van der Waals surface area contributed by atoms with Crippen LogP contribution in [0.1, 0.15) is 18.1 Å². The quantitative estimate of drug-likeness (QED) is 0.852. The van der Waals surface area contributed by atoms with Crippen LogP contribution in [0, 0.1) is 0 Å². The first-order chi connectivity index (χ1) is 11.3. The van der Waals surface area contributed by atoms with Crippen LogP contribution in [0.2, 0.25) is 0 Å². The first kappa shape index (κ1) is 15.6. The van der Waals surface area contributed by atoms with Crippen LogP contribution >= 0.6 is 0 Å². The molecule has 23 heavy (non-hydrogen) atoms. The number of benzene rings is 2. The molecule has 1 atom stereocenters. The Morgan fingerprint density at radius 2 is 1.78 bits per heavy atom. The number of rotatable bonds is 5. The molecule has 0 aromatic heterocycles. The van der Waals surface area contributed by atoms with Crippen LogP contribution in [0.15, 0.2) is 60.7 Å². The summed E-state index contributed by atoms with van der Waals surface area (Å²) in [7, 11) is 0. The fourth-order valence-electron chi connectivity index (χ4n) is 2.68. The average Bonchev–Trinajstić information content (AvgIpc) is 2.63. The summed E-state index contributed by atoms with van der Waals surface area (Å²) in [5.74, 6) is 0.912. The van der Waals surface area contributed by atoms with E-state index in [2.05, 4.69) is 0 Å². The third-order valence-electron chi connectivity index (χ3n) is 3.92. The third-order valence-corrected chi connectivity index (χ3v) is 3.92.